The van der Waals surface area contributed by atoms with Crippen LogP contribution in [0.25, 0.3) is 11.4 Å². The van der Waals surface area contributed by atoms with Crippen LogP contribution in [0, 0.1) is 5.92 Å². The van der Waals surface area contributed by atoms with Crippen LogP contribution >= 0.6 is 0 Å². The first-order chi connectivity index (χ1) is 11.3. The number of hydrogen-bond acceptors (Lipinski definition) is 4. The van der Waals surface area contributed by atoms with Crippen molar-refractivity contribution in [1.82, 2.24) is 20.2 Å². The van der Waals surface area contributed by atoms with Crippen molar-refractivity contribution >= 4 is 11.6 Å². The molecule has 1 N–H and O–H groups in total. The number of anilines is 1. The lowest BCUT2D eigenvalue weighted by molar-refractivity contribution is -0.117. The molecule has 23 heavy (non-hydrogen) atoms. The van der Waals surface area contributed by atoms with Crippen molar-refractivity contribution in [2.75, 3.05) is 5.32 Å². The van der Waals surface area contributed by atoms with Crippen molar-refractivity contribution in [2.45, 2.75) is 51.0 Å². The molecule has 1 amide bonds. The smallest absolute Gasteiger partial charge is 0.224 e. The van der Waals surface area contributed by atoms with Crippen LogP contribution in [-0.2, 0) is 4.79 Å². The van der Waals surface area contributed by atoms with Gasteiger partial charge in [-0.05, 0) is 66.3 Å². The predicted molar refractivity (Wildman–Crippen MR) is 86.7 cm³/mol. The minimum Gasteiger partial charge on any atom is -0.326 e. The maximum absolute atomic E-state index is 12.1. The van der Waals surface area contributed by atoms with E-state index in [9.17, 15) is 4.79 Å². The molecule has 0 spiro atoms. The van der Waals surface area contributed by atoms with E-state index < -0.39 is 0 Å². The summed E-state index contributed by atoms with van der Waals surface area (Å²) in [6.07, 6.45) is 7.85. The van der Waals surface area contributed by atoms with Gasteiger partial charge < -0.3 is 5.32 Å². The average molecular weight is 311 g/mol. The minimum absolute atomic E-state index is 0.118. The Kier molecular flexibility index (Phi) is 3.81. The monoisotopic (exact) mass is 311 g/mol. The highest BCUT2D eigenvalue weighted by atomic mass is 16.1. The molecule has 1 aromatic carbocycles. The molecule has 0 bridgehead atoms. The van der Waals surface area contributed by atoms with Gasteiger partial charge in [0, 0.05) is 17.7 Å². The first-order valence-corrected chi connectivity index (χ1v) is 8.48. The van der Waals surface area contributed by atoms with E-state index in [4.69, 9.17) is 0 Å². The lowest BCUT2D eigenvalue weighted by atomic mass is 10.0. The van der Waals surface area contributed by atoms with Crippen LogP contribution in [0.1, 0.15) is 51.0 Å². The number of tetrazole rings is 1. The fourth-order valence-electron chi connectivity index (χ4n) is 3.34. The standard InChI is InChI=1S/C17H21N5O/c23-16(11-12-3-1-2-4-12)18-14-7-5-13(6-8-14)17-19-20-21-22(17)15-9-10-15/h5-8,12,15H,1-4,9-11H2,(H,18,23). The summed E-state index contributed by atoms with van der Waals surface area (Å²) in [4.78, 5) is 12.1. The highest BCUT2D eigenvalue weighted by molar-refractivity contribution is 5.91. The molecule has 2 fully saturated rings. The number of aromatic nitrogens is 4. The number of nitrogens with one attached hydrogen (secondary N) is 1. The largest absolute Gasteiger partial charge is 0.326 e. The molecule has 0 aliphatic heterocycles. The van der Waals surface area contributed by atoms with Crippen LogP contribution in [0.2, 0.25) is 0 Å². The fourth-order valence-corrected chi connectivity index (χ4v) is 3.34. The highest BCUT2D eigenvalue weighted by Gasteiger charge is 2.28. The number of amides is 1. The summed E-state index contributed by atoms with van der Waals surface area (Å²) >= 11 is 0. The van der Waals surface area contributed by atoms with Gasteiger partial charge in [0.15, 0.2) is 5.82 Å². The number of carbonyl (C=O) groups is 1. The van der Waals surface area contributed by atoms with E-state index in [1.54, 1.807) is 0 Å². The van der Waals surface area contributed by atoms with E-state index in [1.807, 2.05) is 28.9 Å². The molecule has 4 rings (SSSR count). The van der Waals surface area contributed by atoms with E-state index >= 15 is 0 Å². The lowest BCUT2D eigenvalue weighted by Gasteiger charge is -2.10. The second kappa shape index (κ2) is 6.10. The maximum atomic E-state index is 12.1. The third-order valence-electron chi connectivity index (χ3n) is 4.76. The third kappa shape index (κ3) is 3.25. The first kappa shape index (κ1) is 14.4. The Hall–Kier alpha value is -2.24. The second-order valence-corrected chi connectivity index (χ2v) is 6.66. The van der Waals surface area contributed by atoms with Gasteiger partial charge in [0.1, 0.15) is 0 Å². The SMILES string of the molecule is O=C(CC1CCCC1)Nc1ccc(-c2nnnn2C2CC2)cc1. The zero-order chi connectivity index (χ0) is 15.6. The Morgan fingerprint density at radius 1 is 1.13 bits per heavy atom. The Morgan fingerprint density at radius 2 is 1.87 bits per heavy atom. The van der Waals surface area contributed by atoms with Crippen LogP contribution < -0.4 is 5.32 Å². The molecule has 2 aliphatic carbocycles. The van der Waals surface area contributed by atoms with Crippen LogP contribution in [0.15, 0.2) is 24.3 Å². The van der Waals surface area contributed by atoms with Crippen molar-refractivity contribution in [3.05, 3.63) is 24.3 Å². The summed E-state index contributed by atoms with van der Waals surface area (Å²) in [5.41, 5.74) is 1.82. The molecule has 6 heteroatoms. The molecule has 2 saturated carbocycles. The molecule has 0 unspecified atom stereocenters. The maximum Gasteiger partial charge on any atom is 0.224 e. The number of rotatable bonds is 5. The van der Waals surface area contributed by atoms with E-state index in [0.717, 1.165) is 29.9 Å². The van der Waals surface area contributed by atoms with Gasteiger partial charge in [0.2, 0.25) is 5.91 Å². The second-order valence-electron chi connectivity index (χ2n) is 6.66. The Balaban J connectivity index is 1.41. The predicted octanol–water partition coefficient (Wildman–Crippen LogP) is 3.19. The first-order valence-electron chi connectivity index (χ1n) is 8.48. The summed E-state index contributed by atoms with van der Waals surface area (Å²) in [6.45, 7) is 0. The van der Waals surface area contributed by atoms with Crippen molar-refractivity contribution in [1.29, 1.82) is 0 Å². The van der Waals surface area contributed by atoms with Crippen LogP contribution in [0.3, 0.4) is 0 Å². The van der Waals surface area contributed by atoms with Crippen molar-refractivity contribution in [3.63, 3.8) is 0 Å². The van der Waals surface area contributed by atoms with Crippen molar-refractivity contribution in [2.24, 2.45) is 5.92 Å². The molecule has 0 saturated heterocycles. The molecular weight excluding hydrogens is 290 g/mol. The van der Waals surface area contributed by atoms with Crippen LogP contribution in [0.4, 0.5) is 5.69 Å². The summed E-state index contributed by atoms with van der Waals surface area (Å²) in [5, 5.41) is 15.0. The van der Waals surface area contributed by atoms with Gasteiger partial charge in [0.05, 0.1) is 6.04 Å². The molecule has 1 aromatic heterocycles. The quantitative estimate of drug-likeness (QED) is 0.920. The number of carbonyl (C=O) groups excluding carboxylic acids is 1. The van der Waals surface area contributed by atoms with E-state index in [0.29, 0.717) is 18.4 Å². The summed E-state index contributed by atoms with van der Waals surface area (Å²) in [7, 11) is 0. The van der Waals surface area contributed by atoms with Gasteiger partial charge in [0.25, 0.3) is 0 Å². The van der Waals surface area contributed by atoms with Gasteiger partial charge in [-0.3, -0.25) is 4.79 Å². The Bertz CT molecular complexity index is 683. The highest BCUT2D eigenvalue weighted by Crippen LogP contribution is 2.36. The number of nitrogens with zero attached hydrogens (tertiary/aromatic N) is 4. The zero-order valence-corrected chi connectivity index (χ0v) is 13.1. The van der Waals surface area contributed by atoms with Gasteiger partial charge in [-0.1, -0.05) is 12.8 Å². The zero-order valence-electron chi connectivity index (χ0n) is 13.1. The van der Waals surface area contributed by atoms with Gasteiger partial charge in [-0.25, -0.2) is 4.68 Å². The van der Waals surface area contributed by atoms with E-state index in [-0.39, 0.29) is 5.91 Å². The van der Waals surface area contributed by atoms with E-state index in [1.165, 1.54) is 25.7 Å². The molecular formula is C17H21N5O. The normalized spacial score (nSPS) is 18.3. The summed E-state index contributed by atoms with van der Waals surface area (Å²) < 4.78 is 1.90. The third-order valence-corrected chi connectivity index (χ3v) is 4.76. The molecule has 1 heterocycles. The molecule has 0 radical (unpaired) electrons. The Morgan fingerprint density at radius 3 is 2.57 bits per heavy atom. The molecule has 2 aliphatic rings. The van der Waals surface area contributed by atoms with E-state index in [2.05, 4.69) is 20.8 Å². The number of hydrogen-bond donors (Lipinski definition) is 1. The summed E-state index contributed by atoms with van der Waals surface area (Å²) in [5.74, 6) is 1.49. The van der Waals surface area contributed by atoms with Gasteiger partial charge in [-0.2, -0.15) is 0 Å². The lowest BCUT2D eigenvalue weighted by Crippen LogP contribution is -2.15. The summed E-state index contributed by atoms with van der Waals surface area (Å²) in [6, 6.07) is 8.23. The average Bonchev–Trinajstić information content (AvgIpc) is 3.07. The van der Waals surface area contributed by atoms with Gasteiger partial charge >= 0.3 is 0 Å². The van der Waals surface area contributed by atoms with Gasteiger partial charge in [-0.15, -0.1) is 5.10 Å². The topological polar surface area (TPSA) is 72.7 Å². The molecule has 0 atom stereocenters. The van der Waals surface area contributed by atoms with Crippen molar-refractivity contribution < 1.29 is 4.79 Å². The molecule has 120 valence electrons. The van der Waals surface area contributed by atoms with Crippen LogP contribution in [-0.4, -0.2) is 26.1 Å². The fraction of sp³-hybridized carbons (Fsp3) is 0.529. The number of benzene rings is 1. The molecule has 6 nitrogen and oxygen atoms in total. The minimum atomic E-state index is 0.118. The van der Waals surface area contributed by atoms with Crippen LogP contribution in [0.5, 0.6) is 0 Å². The van der Waals surface area contributed by atoms with Crippen molar-refractivity contribution in [3.8, 4) is 11.4 Å². The Labute approximate surface area is 135 Å². The molecule has 2 aromatic rings.